The van der Waals surface area contributed by atoms with Crippen molar-refractivity contribution in [2.75, 3.05) is 19.5 Å². The number of carbonyl (C=O) groups is 1. The molecule has 0 saturated carbocycles. The van der Waals surface area contributed by atoms with Gasteiger partial charge in [0.2, 0.25) is 0 Å². The van der Waals surface area contributed by atoms with E-state index >= 15 is 0 Å². The van der Waals surface area contributed by atoms with Gasteiger partial charge in [-0.05, 0) is 45.7 Å². The molecule has 0 fully saturated rings. The first-order valence-electron chi connectivity index (χ1n) is 9.12. The predicted molar refractivity (Wildman–Crippen MR) is 129 cm³/mol. The van der Waals surface area contributed by atoms with Gasteiger partial charge in [-0.25, -0.2) is 9.35 Å². The number of aryl methyl sites for hydroxylation is 2. The van der Waals surface area contributed by atoms with Crippen molar-refractivity contribution in [1.29, 1.82) is 0 Å². The number of nitrogens with two attached hydrogens (primary N) is 1. The lowest BCUT2D eigenvalue weighted by Gasteiger charge is -2.06. The van der Waals surface area contributed by atoms with E-state index in [0.717, 1.165) is 20.4 Å². The van der Waals surface area contributed by atoms with Crippen LogP contribution in [0.2, 0.25) is 0 Å². The van der Waals surface area contributed by atoms with Crippen molar-refractivity contribution in [2.45, 2.75) is 34.2 Å². The van der Waals surface area contributed by atoms with E-state index in [4.69, 9.17) is 14.6 Å². The monoisotopic (exact) mass is 511 g/mol. The number of rotatable bonds is 9. The Kier molecular flexibility index (Phi) is 10.5. The summed E-state index contributed by atoms with van der Waals surface area (Å²) in [6.07, 6.45) is 1.38. The van der Waals surface area contributed by atoms with Crippen LogP contribution in [-0.2, 0) is 26.5 Å². The number of hydrogen-bond donors (Lipinski definition) is 3. The Bertz CT molecular complexity index is 1090. The average molecular weight is 512 g/mol. The molecule has 2 heterocycles. The molecular weight excluding hydrogens is 482 g/mol. The summed E-state index contributed by atoms with van der Waals surface area (Å²) in [5, 5.41) is 4.84. The van der Waals surface area contributed by atoms with Crippen LogP contribution in [0.1, 0.15) is 38.2 Å². The third-order valence-corrected chi connectivity index (χ3v) is 6.49. The zero-order valence-corrected chi connectivity index (χ0v) is 21.4. The van der Waals surface area contributed by atoms with E-state index in [2.05, 4.69) is 15.3 Å². The molecule has 1 amide bonds. The summed E-state index contributed by atoms with van der Waals surface area (Å²) in [6.45, 7) is 8.77. The maximum atomic E-state index is 11.8. The maximum Gasteiger partial charge on any atom is 0.276 e. The molecule has 13 heteroatoms. The van der Waals surface area contributed by atoms with Crippen molar-refractivity contribution in [3.05, 3.63) is 31.6 Å². The van der Waals surface area contributed by atoms with Crippen molar-refractivity contribution < 1.29 is 26.9 Å². The van der Waals surface area contributed by atoms with E-state index in [0.29, 0.717) is 23.8 Å². The highest BCUT2D eigenvalue weighted by molar-refractivity contribution is 7.98. The summed E-state index contributed by atoms with van der Waals surface area (Å²) in [5.41, 5.74) is 0. The van der Waals surface area contributed by atoms with E-state index in [9.17, 15) is 17.4 Å². The van der Waals surface area contributed by atoms with Crippen LogP contribution < -0.4 is 24.1 Å². The van der Waals surface area contributed by atoms with Gasteiger partial charge in [0.25, 0.3) is 16.1 Å². The van der Waals surface area contributed by atoms with Crippen LogP contribution in [0.25, 0.3) is 0 Å². The van der Waals surface area contributed by atoms with Gasteiger partial charge in [0.05, 0.1) is 18.1 Å². The van der Waals surface area contributed by atoms with E-state index in [1.165, 1.54) is 28.9 Å². The summed E-state index contributed by atoms with van der Waals surface area (Å²) in [6, 6.07) is 3.68. The number of thiophene rings is 2. The van der Waals surface area contributed by atoms with Crippen molar-refractivity contribution >= 4 is 54.4 Å². The van der Waals surface area contributed by atoms with Crippen LogP contribution in [0.3, 0.4) is 0 Å². The summed E-state index contributed by atoms with van der Waals surface area (Å²) < 4.78 is 48.1. The molecule has 4 N–H and O–H groups in total. The van der Waals surface area contributed by atoms with Crippen LogP contribution >= 0.6 is 22.7 Å². The fraction of sp³-hybridized carbons (Fsp3) is 0.444. The summed E-state index contributed by atoms with van der Waals surface area (Å²) in [7, 11) is -6.19. The Balaban J connectivity index is 0.000000311. The predicted octanol–water partition coefficient (Wildman–Crippen LogP) is 2.19. The second kappa shape index (κ2) is 11.8. The Morgan fingerprint density at radius 1 is 1.06 bits per heavy atom. The van der Waals surface area contributed by atoms with E-state index in [-0.39, 0.29) is 6.54 Å². The quantitative estimate of drug-likeness (QED) is 0.442. The molecule has 0 radical (unpaired) electrons. The van der Waals surface area contributed by atoms with E-state index < -0.39 is 25.8 Å². The van der Waals surface area contributed by atoms with Gasteiger partial charge in [0.1, 0.15) is 16.4 Å². The highest BCUT2D eigenvalue weighted by Crippen LogP contribution is 2.29. The van der Waals surface area contributed by atoms with Gasteiger partial charge in [-0.3, -0.25) is 9.52 Å². The molecule has 0 saturated heterocycles. The second-order valence-corrected chi connectivity index (χ2v) is 12.6. The lowest BCUT2D eigenvalue weighted by molar-refractivity contribution is 0.0983. The lowest BCUT2D eigenvalue weighted by atomic mass is 10.4. The third-order valence-electron chi connectivity index (χ3n) is 3.26. The van der Waals surface area contributed by atoms with Crippen molar-refractivity contribution in [3.8, 4) is 11.5 Å². The first-order chi connectivity index (χ1) is 14.3. The van der Waals surface area contributed by atoms with Gasteiger partial charge in [0, 0.05) is 32.3 Å². The van der Waals surface area contributed by atoms with Gasteiger partial charge in [-0.2, -0.15) is 13.1 Å². The topological polar surface area (TPSA) is 137 Å². The Hall–Kier alpha value is -1.64. The fourth-order valence-electron chi connectivity index (χ4n) is 2.26. The van der Waals surface area contributed by atoms with Gasteiger partial charge < -0.3 is 9.47 Å². The number of ether oxygens (including phenoxy) is 2. The van der Waals surface area contributed by atoms with E-state index in [1.54, 1.807) is 6.07 Å². The van der Waals surface area contributed by atoms with Crippen LogP contribution in [0, 0.1) is 13.8 Å². The Labute approximate surface area is 192 Å². The highest BCUT2D eigenvalue weighted by atomic mass is 32.2. The zero-order chi connectivity index (χ0) is 23.8. The van der Waals surface area contributed by atoms with Crippen molar-refractivity contribution in [1.82, 2.24) is 9.44 Å². The molecule has 1 unspecified atom stereocenters. The minimum Gasteiger partial charge on any atom is -0.493 e. The molecule has 2 aromatic heterocycles. The van der Waals surface area contributed by atoms with Gasteiger partial charge in [0.15, 0.2) is 0 Å². The minimum absolute atomic E-state index is 0.173. The molecule has 0 aromatic carbocycles. The first-order valence-corrected chi connectivity index (χ1v) is 14.4. The van der Waals surface area contributed by atoms with Crippen molar-refractivity contribution in [2.24, 2.45) is 5.14 Å². The van der Waals surface area contributed by atoms with Crippen LogP contribution in [0.15, 0.2) is 12.1 Å². The Morgan fingerprint density at radius 2 is 1.58 bits per heavy atom. The molecule has 0 aliphatic heterocycles. The van der Waals surface area contributed by atoms with E-state index in [1.807, 2.05) is 33.8 Å². The van der Waals surface area contributed by atoms with Gasteiger partial charge in [-0.15, -0.1) is 22.7 Å². The number of amides is 1. The summed E-state index contributed by atoms with van der Waals surface area (Å²) >= 11 is 2.80. The molecule has 0 aliphatic carbocycles. The van der Waals surface area contributed by atoms with Crippen LogP contribution in [0.5, 0.6) is 11.5 Å². The highest BCUT2D eigenvalue weighted by Gasteiger charge is 2.17. The number of carbonyl (C=O) groups excluding carboxylic acids is 1. The molecular formula is C18H29N3O6S4. The molecule has 2 rings (SSSR count). The largest absolute Gasteiger partial charge is 0.493 e. The number of nitrogens with one attached hydrogen (secondary N) is 2. The first kappa shape index (κ1) is 27.4. The number of hydrogen-bond acceptors (Lipinski definition) is 8. The smallest absolute Gasteiger partial charge is 0.276 e. The molecule has 2 aromatic rings. The van der Waals surface area contributed by atoms with Crippen LogP contribution in [-0.4, -0.2) is 43.9 Å². The van der Waals surface area contributed by atoms with Gasteiger partial charge >= 0.3 is 0 Å². The standard InChI is InChI=1S/C10H15NO3S2.C8H14N2O3S2/c1-5-14-8-6-7(2)15-9(8)10(12)11-16(3,4)13;1-3-13-7-4-6(2)14-8(7)5-10-15(9,11)12/h6H,3,5H2,1-2,4H3,(H,11,12,13);4,10H,3,5H2,1-2H3,(H2,9,11,12). The normalized spacial score (nSPS) is 13.0. The SMILES string of the molecule is C=S(C)(=O)NC(=O)c1sc(C)cc1OCC.CCOc1cc(C)sc1CNS(N)(=O)=O. The molecule has 0 bridgehead atoms. The lowest BCUT2D eigenvalue weighted by Crippen LogP contribution is -2.30. The molecule has 9 nitrogen and oxygen atoms in total. The third kappa shape index (κ3) is 10.5. The molecule has 31 heavy (non-hydrogen) atoms. The van der Waals surface area contributed by atoms with Crippen molar-refractivity contribution in [3.63, 3.8) is 0 Å². The maximum absolute atomic E-state index is 11.8. The zero-order valence-electron chi connectivity index (χ0n) is 18.1. The second-order valence-electron chi connectivity index (χ2n) is 6.36. The fourth-order valence-corrected chi connectivity index (χ4v) is 5.02. The van der Waals surface area contributed by atoms with Gasteiger partial charge in [-0.1, -0.05) is 0 Å². The molecule has 1 atom stereocenters. The summed E-state index contributed by atoms with van der Waals surface area (Å²) in [4.78, 5) is 15.1. The minimum atomic E-state index is -3.64. The average Bonchev–Trinajstić information content (AvgIpc) is 3.14. The molecule has 0 spiro atoms. The molecule has 176 valence electrons. The Morgan fingerprint density at radius 3 is 2.10 bits per heavy atom. The molecule has 0 aliphatic rings. The summed E-state index contributed by atoms with van der Waals surface area (Å²) in [5.74, 6) is 4.23. The van der Waals surface area contributed by atoms with Crippen LogP contribution in [0.4, 0.5) is 0 Å².